The second-order valence-corrected chi connectivity index (χ2v) is 7.29. The number of fused-ring (bicyclic) bond motifs is 2. The zero-order valence-corrected chi connectivity index (χ0v) is 15.2. The summed E-state index contributed by atoms with van der Waals surface area (Å²) in [5, 5.41) is 27.1. The molecule has 0 aromatic carbocycles. The Hall–Kier alpha value is -2.60. The molecule has 2 fully saturated rings. The van der Waals surface area contributed by atoms with Crippen LogP contribution in [0.1, 0.15) is 37.8 Å². The molecular formula is C17H25N9. The van der Waals surface area contributed by atoms with Crippen molar-refractivity contribution in [2.75, 3.05) is 17.2 Å². The van der Waals surface area contributed by atoms with Crippen LogP contribution in [0.5, 0.6) is 0 Å². The van der Waals surface area contributed by atoms with E-state index in [1.807, 2.05) is 20.0 Å². The molecule has 3 N–H and O–H groups in total. The number of anilines is 3. The maximum Gasteiger partial charge on any atom is 0.244 e. The lowest BCUT2D eigenvalue weighted by Crippen LogP contribution is -2.47. The van der Waals surface area contributed by atoms with Crippen LogP contribution >= 0.6 is 0 Å². The van der Waals surface area contributed by atoms with Crippen molar-refractivity contribution in [1.29, 1.82) is 5.26 Å². The molecule has 26 heavy (non-hydrogen) atoms. The standard InChI is InChI=1S/C17H25N9/c1-11-8-15(23-22-11)20-17-21-16(24-25(17)2)19-12-9-13-4-5-14(10-12)26(13)7-3-6-18/h8,12-14H,3-5,7,9-10H2,1-2H3,(H3,19,20,21,22,23,24)/t12-,13-,14+. The van der Waals surface area contributed by atoms with Gasteiger partial charge in [0.1, 0.15) is 0 Å². The van der Waals surface area contributed by atoms with Crippen molar-refractivity contribution in [3.63, 3.8) is 0 Å². The van der Waals surface area contributed by atoms with E-state index in [4.69, 9.17) is 5.26 Å². The molecule has 2 aromatic heterocycles. The fourth-order valence-electron chi connectivity index (χ4n) is 4.27. The van der Waals surface area contributed by atoms with E-state index in [9.17, 15) is 0 Å². The van der Waals surface area contributed by atoms with E-state index in [1.54, 1.807) is 4.68 Å². The molecule has 2 saturated heterocycles. The quantitative estimate of drug-likeness (QED) is 0.726. The first kappa shape index (κ1) is 16.8. The van der Waals surface area contributed by atoms with Gasteiger partial charge in [0.2, 0.25) is 11.9 Å². The largest absolute Gasteiger partial charge is 0.350 e. The molecule has 0 saturated carbocycles. The van der Waals surface area contributed by atoms with Crippen molar-refractivity contribution >= 4 is 17.7 Å². The number of aromatic amines is 1. The van der Waals surface area contributed by atoms with Crippen LogP contribution < -0.4 is 10.6 Å². The molecule has 0 unspecified atom stereocenters. The maximum absolute atomic E-state index is 8.85. The van der Waals surface area contributed by atoms with Gasteiger partial charge in [0.05, 0.1) is 6.07 Å². The van der Waals surface area contributed by atoms with Crippen LogP contribution in [0, 0.1) is 18.3 Å². The fourth-order valence-corrected chi connectivity index (χ4v) is 4.27. The van der Waals surface area contributed by atoms with Gasteiger partial charge in [0, 0.05) is 49.9 Å². The molecule has 2 aromatic rings. The van der Waals surface area contributed by atoms with E-state index in [1.165, 1.54) is 12.8 Å². The number of aryl methyl sites for hydroxylation is 2. The Morgan fingerprint density at radius 3 is 2.77 bits per heavy atom. The Bertz CT molecular complexity index is 788. The van der Waals surface area contributed by atoms with Crippen molar-refractivity contribution < 1.29 is 0 Å². The van der Waals surface area contributed by atoms with Crippen molar-refractivity contribution in [3.05, 3.63) is 11.8 Å². The molecule has 4 heterocycles. The van der Waals surface area contributed by atoms with Gasteiger partial charge >= 0.3 is 0 Å². The van der Waals surface area contributed by atoms with E-state index in [0.29, 0.717) is 36.4 Å². The van der Waals surface area contributed by atoms with Gasteiger partial charge in [-0.15, -0.1) is 5.10 Å². The van der Waals surface area contributed by atoms with E-state index in [0.717, 1.165) is 30.9 Å². The number of aromatic nitrogens is 5. The van der Waals surface area contributed by atoms with Crippen LogP contribution in [0.3, 0.4) is 0 Å². The summed E-state index contributed by atoms with van der Waals surface area (Å²) >= 11 is 0. The molecule has 3 atom stereocenters. The summed E-state index contributed by atoms with van der Waals surface area (Å²) in [5.74, 6) is 2.04. The zero-order chi connectivity index (χ0) is 18.1. The molecule has 2 aliphatic heterocycles. The van der Waals surface area contributed by atoms with Gasteiger partial charge in [0.25, 0.3) is 0 Å². The molecule has 0 amide bonds. The summed E-state index contributed by atoms with van der Waals surface area (Å²) in [6.45, 7) is 2.86. The normalized spacial score (nSPS) is 25.2. The smallest absolute Gasteiger partial charge is 0.244 e. The molecule has 9 heteroatoms. The first-order valence-corrected chi connectivity index (χ1v) is 9.21. The van der Waals surface area contributed by atoms with Gasteiger partial charge in [-0.25, -0.2) is 4.68 Å². The molecule has 0 spiro atoms. The Kier molecular flexibility index (Phi) is 4.51. The second kappa shape index (κ2) is 6.96. The van der Waals surface area contributed by atoms with Crippen molar-refractivity contribution in [1.82, 2.24) is 29.9 Å². The summed E-state index contributed by atoms with van der Waals surface area (Å²) < 4.78 is 1.73. The summed E-state index contributed by atoms with van der Waals surface area (Å²) in [4.78, 5) is 7.09. The summed E-state index contributed by atoms with van der Waals surface area (Å²) in [6.07, 6.45) is 5.25. The van der Waals surface area contributed by atoms with Crippen molar-refractivity contribution in [3.8, 4) is 6.07 Å². The van der Waals surface area contributed by atoms with Gasteiger partial charge in [-0.05, 0) is 32.6 Å². The summed E-state index contributed by atoms with van der Waals surface area (Å²) in [5.41, 5.74) is 0.992. The van der Waals surface area contributed by atoms with E-state index in [2.05, 4.69) is 41.9 Å². The van der Waals surface area contributed by atoms with Gasteiger partial charge in [0.15, 0.2) is 5.82 Å². The third kappa shape index (κ3) is 3.37. The number of nitriles is 1. The molecule has 2 aliphatic rings. The topological polar surface area (TPSA) is 110 Å². The molecule has 138 valence electrons. The van der Waals surface area contributed by atoms with Crippen molar-refractivity contribution in [2.24, 2.45) is 7.05 Å². The average molecular weight is 355 g/mol. The summed E-state index contributed by atoms with van der Waals surface area (Å²) in [7, 11) is 1.87. The number of hydrogen-bond acceptors (Lipinski definition) is 7. The molecule has 0 radical (unpaired) electrons. The lowest BCUT2D eigenvalue weighted by atomic mass is 9.97. The zero-order valence-electron chi connectivity index (χ0n) is 15.2. The highest BCUT2D eigenvalue weighted by atomic mass is 15.4. The monoisotopic (exact) mass is 355 g/mol. The van der Waals surface area contributed by atoms with Crippen molar-refractivity contribution in [2.45, 2.75) is 57.2 Å². The van der Waals surface area contributed by atoms with Gasteiger partial charge in [-0.2, -0.15) is 15.3 Å². The lowest BCUT2D eigenvalue weighted by Gasteiger charge is -2.38. The SMILES string of the molecule is Cc1cc(Nc2nc(N[C@@H]3C[C@H]4CC[C@@H](C3)N4CCC#N)nn2C)n[nH]1. The van der Waals surface area contributed by atoms with E-state index >= 15 is 0 Å². The van der Waals surface area contributed by atoms with Gasteiger partial charge in [-0.1, -0.05) is 0 Å². The molecule has 0 aliphatic carbocycles. The Balaban J connectivity index is 1.38. The fraction of sp³-hybridized carbons (Fsp3) is 0.647. The minimum absolute atomic E-state index is 0.383. The second-order valence-electron chi connectivity index (χ2n) is 7.29. The van der Waals surface area contributed by atoms with Gasteiger partial charge in [-0.3, -0.25) is 10.00 Å². The van der Waals surface area contributed by atoms with Crippen LogP contribution in [-0.2, 0) is 7.05 Å². The van der Waals surface area contributed by atoms with Crippen LogP contribution in [0.4, 0.5) is 17.7 Å². The Labute approximate surface area is 152 Å². The third-order valence-electron chi connectivity index (χ3n) is 5.41. The van der Waals surface area contributed by atoms with Gasteiger partial charge < -0.3 is 10.6 Å². The van der Waals surface area contributed by atoms with Crippen LogP contribution in [0.2, 0.25) is 0 Å². The predicted octanol–water partition coefficient (Wildman–Crippen LogP) is 1.91. The highest BCUT2D eigenvalue weighted by Gasteiger charge is 2.40. The summed E-state index contributed by atoms with van der Waals surface area (Å²) in [6, 6.07) is 5.73. The minimum atomic E-state index is 0.383. The van der Waals surface area contributed by atoms with Crippen LogP contribution in [0.15, 0.2) is 6.07 Å². The predicted molar refractivity (Wildman–Crippen MR) is 98.0 cm³/mol. The van der Waals surface area contributed by atoms with Crippen LogP contribution in [0.25, 0.3) is 0 Å². The number of rotatable bonds is 6. The van der Waals surface area contributed by atoms with E-state index < -0.39 is 0 Å². The molecule has 4 rings (SSSR count). The maximum atomic E-state index is 8.85. The number of nitrogens with one attached hydrogen (secondary N) is 3. The number of H-pyrrole nitrogens is 1. The average Bonchev–Trinajstić information content (AvgIpc) is 3.23. The van der Waals surface area contributed by atoms with Crippen LogP contribution in [-0.4, -0.2) is 54.5 Å². The number of piperidine rings is 1. The molecular weight excluding hydrogens is 330 g/mol. The lowest BCUT2D eigenvalue weighted by molar-refractivity contribution is 0.135. The number of nitrogens with zero attached hydrogens (tertiary/aromatic N) is 6. The third-order valence-corrected chi connectivity index (χ3v) is 5.41. The Morgan fingerprint density at radius 2 is 2.12 bits per heavy atom. The first-order valence-electron chi connectivity index (χ1n) is 9.21. The number of hydrogen-bond donors (Lipinski definition) is 3. The molecule has 9 nitrogen and oxygen atoms in total. The minimum Gasteiger partial charge on any atom is -0.350 e. The highest BCUT2D eigenvalue weighted by Crippen LogP contribution is 2.36. The highest BCUT2D eigenvalue weighted by molar-refractivity contribution is 5.50. The Morgan fingerprint density at radius 1 is 1.35 bits per heavy atom. The first-order chi connectivity index (χ1) is 12.6. The van der Waals surface area contributed by atoms with E-state index in [-0.39, 0.29) is 0 Å². The molecule has 2 bridgehead atoms.